The molecule has 0 unspecified atom stereocenters. The lowest BCUT2D eigenvalue weighted by Crippen LogP contribution is -2.38. The van der Waals surface area contributed by atoms with Crippen LogP contribution in [0.3, 0.4) is 0 Å². The van der Waals surface area contributed by atoms with Gasteiger partial charge in [-0.15, -0.1) is 0 Å². The second-order valence-corrected chi connectivity index (χ2v) is 5.07. The molecule has 0 spiro atoms. The van der Waals surface area contributed by atoms with Gasteiger partial charge in [-0.25, -0.2) is 0 Å². The molecule has 1 rings (SSSR count). The fraction of sp³-hybridized carbons (Fsp3) is 1.00. The minimum absolute atomic E-state index is 0.756. The summed E-state index contributed by atoms with van der Waals surface area (Å²) in [5, 5.41) is 0. The molecule has 0 N–H and O–H groups in total. The van der Waals surface area contributed by atoms with Crippen LogP contribution >= 0.6 is 0 Å². The van der Waals surface area contributed by atoms with Gasteiger partial charge >= 0.3 is 0 Å². The van der Waals surface area contributed by atoms with Crippen molar-refractivity contribution in [2.75, 3.05) is 13.1 Å². The van der Waals surface area contributed by atoms with Crippen LogP contribution in [0, 0.1) is 5.92 Å². The van der Waals surface area contributed by atoms with E-state index in [2.05, 4.69) is 25.7 Å². The highest BCUT2D eigenvalue weighted by Crippen LogP contribution is 2.23. The Balaban J connectivity index is 2.09. The third-order valence-electron chi connectivity index (χ3n) is 3.60. The molecule has 0 radical (unpaired) electrons. The van der Waals surface area contributed by atoms with Crippen LogP contribution in [0.4, 0.5) is 0 Å². The molecule has 0 atom stereocenters. The number of nitrogens with zero attached hydrogens (tertiary/aromatic N) is 1. The van der Waals surface area contributed by atoms with Crippen molar-refractivity contribution in [2.24, 2.45) is 5.92 Å². The molecule has 14 heavy (non-hydrogen) atoms. The Hall–Kier alpha value is -0.0400. The van der Waals surface area contributed by atoms with Crippen molar-refractivity contribution >= 4 is 0 Å². The van der Waals surface area contributed by atoms with Gasteiger partial charge in [-0.2, -0.15) is 0 Å². The van der Waals surface area contributed by atoms with Crippen LogP contribution in [-0.4, -0.2) is 24.0 Å². The molecule has 0 amide bonds. The first-order valence-electron chi connectivity index (χ1n) is 6.48. The highest BCUT2D eigenvalue weighted by molar-refractivity contribution is 4.74. The molecule has 1 heteroatoms. The van der Waals surface area contributed by atoms with E-state index in [0.717, 1.165) is 12.0 Å². The van der Waals surface area contributed by atoms with Crippen LogP contribution in [0.25, 0.3) is 0 Å². The maximum Gasteiger partial charge on any atom is 0.00385 e. The molecule has 0 aromatic rings. The first kappa shape index (κ1) is 12.0. The summed E-state index contributed by atoms with van der Waals surface area (Å²) >= 11 is 0. The Morgan fingerprint density at radius 3 is 2.29 bits per heavy atom. The maximum absolute atomic E-state index is 2.62. The number of hydrogen-bond acceptors (Lipinski definition) is 1. The highest BCUT2D eigenvalue weighted by atomic mass is 15.1. The third-order valence-corrected chi connectivity index (χ3v) is 3.60. The van der Waals surface area contributed by atoms with E-state index in [-0.39, 0.29) is 0 Å². The van der Waals surface area contributed by atoms with E-state index in [9.17, 15) is 0 Å². The monoisotopic (exact) mass is 197 g/mol. The van der Waals surface area contributed by atoms with Crippen molar-refractivity contribution in [2.45, 2.75) is 65.3 Å². The molecule has 0 aromatic carbocycles. The molecule has 1 aliphatic rings. The van der Waals surface area contributed by atoms with E-state index in [1.165, 1.54) is 51.6 Å². The van der Waals surface area contributed by atoms with Crippen LogP contribution in [0.5, 0.6) is 0 Å². The molecule has 0 saturated carbocycles. The van der Waals surface area contributed by atoms with Gasteiger partial charge in [-0.1, -0.05) is 32.6 Å². The van der Waals surface area contributed by atoms with Crippen molar-refractivity contribution in [1.29, 1.82) is 0 Å². The van der Waals surface area contributed by atoms with E-state index >= 15 is 0 Å². The van der Waals surface area contributed by atoms with Crippen LogP contribution in [-0.2, 0) is 0 Å². The van der Waals surface area contributed by atoms with Crippen molar-refractivity contribution in [3.8, 4) is 0 Å². The SMILES string of the molecule is CCCCCC1CCN(C(C)C)CC1. The van der Waals surface area contributed by atoms with E-state index in [1.807, 2.05) is 0 Å². The smallest absolute Gasteiger partial charge is 0.00385 e. The number of piperidine rings is 1. The Labute approximate surface area is 89.9 Å². The Bertz CT molecular complexity index is 134. The Morgan fingerprint density at radius 2 is 1.79 bits per heavy atom. The van der Waals surface area contributed by atoms with Gasteiger partial charge in [0.1, 0.15) is 0 Å². The first-order chi connectivity index (χ1) is 6.74. The Kier molecular flexibility index (Phi) is 5.54. The fourth-order valence-electron chi connectivity index (χ4n) is 2.44. The summed E-state index contributed by atoms with van der Waals surface area (Å²) in [7, 11) is 0. The van der Waals surface area contributed by atoms with Gasteiger partial charge in [0.2, 0.25) is 0 Å². The fourth-order valence-corrected chi connectivity index (χ4v) is 2.44. The average Bonchev–Trinajstić information content (AvgIpc) is 2.19. The Morgan fingerprint density at radius 1 is 1.14 bits per heavy atom. The van der Waals surface area contributed by atoms with E-state index in [4.69, 9.17) is 0 Å². The molecule has 0 bridgehead atoms. The normalized spacial score (nSPS) is 20.6. The van der Waals surface area contributed by atoms with Gasteiger partial charge < -0.3 is 4.90 Å². The van der Waals surface area contributed by atoms with Crippen molar-refractivity contribution in [1.82, 2.24) is 4.90 Å². The van der Waals surface area contributed by atoms with E-state index < -0.39 is 0 Å². The molecule has 1 heterocycles. The zero-order chi connectivity index (χ0) is 10.4. The van der Waals surface area contributed by atoms with Crippen molar-refractivity contribution < 1.29 is 0 Å². The predicted molar refractivity (Wildman–Crippen MR) is 63.6 cm³/mol. The largest absolute Gasteiger partial charge is 0.301 e. The maximum atomic E-state index is 2.62. The molecule has 1 aliphatic heterocycles. The number of hydrogen-bond donors (Lipinski definition) is 0. The van der Waals surface area contributed by atoms with E-state index in [0.29, 0.717) is 0 Å². The van der Waals surface area contributed by atoms with Gasteiger partial charge in [0, 0.05) is 6.04 Å². The topological polar surface area (TPSA) is 3.24 Å². The summed E-state index contributed by atoms with van der Waals surface area (Å²) in [5.74, 6) is 1.04. The van der Waals surface area contributed by atoms with Gasteiger partial charge in [-0.3, -0.25) is 0 Å². The summed E-state index contributed by atoms with van der Waals surface area (Å²) in [6.45, 7) is 9.61. The second-order valence-electron chi connectivity index (χ2n) is 5.07. The molecular formula is C13H27N. The van der Waals surface area contributed by atoms with Gasteiger partial charge in [0.05, 0.1) is 0 Å². The summed E-state index contributed by atoms with van der Waals surface area (Å²) in [6.07, 6.45) is 8.64. The minimum Gasteiger partial charge on any atom is -0.301 e. The number of rotatable bonds is 5. The average molecular weight is 197 g/mol. The van der Waals surface area contributed by atoms with E-state index in [1.54, 1.807) is 0 Å². The van der Waals surface area contributed by atoms with Gasteiger partial charge in [0.25, 0.3) is 0 Å². The third kappa shape index (κ3) is 4.00. The van der Waals surface area contributed by atoms with Crippen LogP contribution in [0.1, 0.15) is 59.3 Å². The summed E-state index contributed by atoms with van der Waals surface area (Å²) in [5.41, 5.74) is 0. The number of unbranched alkanes of at least 4 members (excludes halogenated alkanes) is 2. The molecule has 1 saturated heterocycles. The van der Waals surface area contributed by atoms with Crippen LogP contribution in [0.2, 0.25) is 0 Å². The predicted octanol–water partition coefficient (Wildman–Crippen LogP) is 3.69. The number of likely N-dealkylation sites (tertiary alicyclic amines) is 1. The highest BCUT2D eigenvalue weighted by Gasteiger charge is 2.19. The molecule has 0 aromatic heterocycles. The van der Waals surface area contributed by atoms with Crippen molar-refractivity contribution in [3.63, 3.8) is 0 Å². The standard InChI is InChI=1S/C13H27N/c1-4-5-6-7-13-8-10-14(11-9-13)12(2)3/h12-13H,4-11H2,1-3H3. The molecule has 0 aliphatic carbocycles. The van der Waals surface area contributed by atoms with Crippen LogP contribution < -0.4 is 0 Å². The quantitative estimate of drug-likeness (QED) is 0.608. The molecule has 1 fully saturated rings. The van der Waals surface area contributed by atoms with Gasteiger partial charge in [0.15, 0.2) is 0 Å². The molecule has 84 valence electrons. The lowest BCUT2D eigenvalue weighted by molar-refractivity contribution is 0.144. The first-order valence-corrected chi connectivity index (χ1v) is 6.48. The summed E-state index contributed by atoms with van der Waals surface area (Å²) in [4.78, 5) is 2.62. The molecular weight excluding hydrogens is 170 g/mol. The zero-order valence-corrected chi connectivity index (χ0v) is 10.3. The van der Waals surface area contributed by atoms with Crippen molar-refractivity contribution in [3.05, 3.63) is 0 Å². The summed E-state index contributed by atoms with van der Waals surface area (Å²) < 4.78 is 0. The zero-order valence-electron chi connectivity index (χ0n) is 10.3. The summed E-state index contributed by atoms with van der Waals surface area (Å²) in [6, 6.07) is 0.756. The lowest BCUT2D eigenvalue weighted by Gasteiger charge is -2.34. The lowest BCUT2D eigenvalue weighted by atomic mass is 9.91. The molecule has 1 nitrogen and oxygen atoms in total. The van der Waals surface area contributed by atoms with Gasteiger partial charge in [-0.05, 0) is 45.7 Å². The van der Waals surface area contributed by atoms with Crippen LogP contribution in [0.15, 0.2) is 0 Å². The minimum atomic E-state index is 0.756. The second kappa shape index (κ2) is 6.44.